The first kappa shape index (κ1) is 18.0. The minimum atomic E-state index is 0. The molecule has 0 saturated carbocycles. The fraction of sp³-hybridized carbons (Fsp3) is 0.923. The van der Waals surface area contributed by atoms with Crippen molar-refractivity contribution < 1.29 is 4.74 Å². The van der Waals surface area contributed by atoms with Crippen LogP contribution in [0.1, 0.15) is 34.1 Å². The van der Waals surface area contributed by atoms with Crippen LogP contribution in [0.5, 0.6) is 0 Å². The second kappa shape index (κ2) is 8.96. The summed E-state index contributed by atoms with van der Waals surface area (Å²) in [7, 11) is 0. The Morgan fingerprint density at radius 3 is 2.61 bits per heavy atom. The van der Waals surface area contributed by atoms with Gasteiger partial charge in [0.2, 0.25) is 0 Å². The van der Waals surface area contributed by atoms with Crippen molar-refractivity contribution in [2.75, 3.05) is 39.4 Å². The molecule has 5 heteroatoms. The van der Waals surface area contributed by atoms with Gasteiger partial charge in [-0.15, -0.1) is 24.0 Å². The number of halogens is 1. The highest BCUT2D eigenvalue weighted by atomic mass is 127. The summed E-state index contributed by atoms with van der Waals surface area (Å²) >= 11 is 0. The first-order valence-corrected chi connectivity index (χ1v) is 6.70. The fourth-order valence-electron chi connectivity index (χ4n) is 2.08. The van der Waals surface area contributed by atoms with E-state index in [-0.39, 0.29) is 24.0 Å². The lowest BCUT2D eigenvalue weighted by atomic mass is 9.93. The van der Waals surface area contributed by atoms with E-state index in [9.17, 15) is 0 Å². The maximum Gasteiger partial charge on any atom is 0.194 e. The van der Waals surface area contributed by atoms with Crippen molar-refractivity contribution in [1.29, 1.82) is 0 Å². The van der Waals surface area contributed by atoms with E-state index in [2.05, 4.69) is 36.0 Å². The van der Waals surface area contributed by atoms with Crippen LogP contribution in [0.4, 0.5) is 0 Å². The molecule has 0 bridgehead atoms. The zero-order valence-corrected chi connectivity index (χ0v) is 14.5. The Kier molecular flexibility index (Phi) is 8.94. The standard InChI is InChI=1S/C13H27N3O.HI/c1-5-14-12(15-8-10-17-6-2)16-9-7-13(3,4)11-16;/h5-11H2,1-4H3,(H,14,15);1H. The molecule has 0 spiro atoms. The van der Waals surface area contributed by atoms with Gasteiger partial charge in [0.1, 0.15) is 0 Å². The van der Waals surface area contributed by atoms with Gasteiger partial charge in [-0.05, 0) is 25.7 Å². The third-order valence-electron chi connectivity index (χ3n) is 3.01. The minimum absolute atomic E-state index is 0. The van der Waals surface area contributed by atoms with E-state index in [1.165, 1.54) is 6.42 Å². The molecular weight excluding hydrogens is 341 g/mol. The fourth-order valence-corrected chi connectivity index (χ4v) is 2.08. The van der Waals surface area contributed by atoms with Crippen LogP contribution in [-0.4, -0.2) is 50.3 Å². The van der Waals surface area contributed by atoms with Crippen LogP contribution in [-0.2, 0) is 4.74 Å². The molecule has 0 aromatic rings. The van der Waals surface area contributed by atoms with Crippen LogP contribution in [0.25, 0.3) is 0 Å². The Labute approximate surface area is 129 Å². The van der Waals surface area contributed by atoms with E-state index in [1.54, 1.807) is 0 Å². The van der Waals surface area contributed by atoms with Crippen molar-refractivity contribution in [3.8, 4) is 0 Å². The van der Waals surface area contributed by atoms with Crippen molar-refractivity contribution in [1.82, 2.24) is 10.2 Å². The van der Waals surface area contributed by atoms with Gasteiger partial charge < -0.3 is 15.0 Å². The van der Waals surface area contributed by atoms with Gasteiger partial charge in [-0.1, -0.05) is 13.8 Å². The number of hydrogen-bond donors (Lipinski definition) is 1. The van der Waals surface area contributed by atoms with E-state index < -0.39 is 0 Å². The maximum atomic E-state index is 5.31. The number of nitrogens with zero attached hydrogens (tertiary/aromatic N) is 2. The Bertz CT molecular complexity index is 257. The molecule has 108 valence electrons. The second-order valence-electron chi connectivity index (χ2n) is 5.27. The maximum absolute atomic E-state index is 5.31. The normalized spacial score (nSPS) is 18.7. The number of nitrogens with one attached hydrogen (secondary N) is 1. The average Bonchev–Trinajstić information content (AvgIpc) is 2.63. The predicted octanol–water partition coefficient (Wildman–Crippen LogP) is 2.34. The summed E-state index contributed by atoms with van der Waals surface area (Å²) in [5.74, 6) is 1.04. The molecule has 0 amide bonds. The Hall–Kier alpha value is -0.0400. The summed E-state index contributed by atoms with van der Waals surface area (Å²) in [6, 6.07) is 0. The predicted molar refractivity (Wildman–Crippen MR) is 87.9 cm³/mol. The largest absolute Gasteiger partial charge is 0.380 e. The molecule has 1 heterocycles. The summed E-state index contributed by atoms with van der Waals surface area (Å²) in [4.78, 5) is 6.96. The zero-order valence-electron chi connectivity index (χ0n) is 12.2. The van der Waals surface area contributed by atoms with Crippen LogP contribution >= 0.6 is 24.0 Å². The molecule has 4 nitrogen and oxygen atoms in total. The average molecular weight is 369 g/mol. The van der Waals surface area contributed by atoms with Crippen LogP contribution in [0, 0.1) is 5.41 Å². The smallest absolute Gasteiger partial charge is 0.194 e. The molecule has 0 aromatic heterocycles. The highest BCUT2D eigenvalue weighted by Gasteiger charge is 2.30. The molecule has 0 unspecified atom stereocenters. The van der Waals surface area contributed by atoms with Crippen molar-refractivity contribution in [2.45, 2.75) is 34.1 Å². The molecule has 1 rings (SSSR count). The summed E-state index contributed by atoms with van der Waals surface area (Å²) in [5.41, 5.74) is 0.413. The highest BCUT2D eigenvalue weighted by Crippen LogP contribution is 2.28. The van der Waals surface area contributed by atoms with Crippen molar-refractivity contribution >= 4 is 29.9 Å². The molecule has 18 heavy (non-hydrogen) atoms. The molecule has 1 fully saturated rings. The van der Waals surface area contributed by atoms with Gasteiger partial charge in [0.05, 0.1) is 13.2 Å². The molecular formula is C13H28IN3O. The third kappa shape index (κ3) is 6.22. The highest BCUT2D eigenvalue weighted by molar-refractivity contribution is 14.0. The van der Waals surface area contributed by atoms with Gasteiger partial charge in [-0.25, -0.2) is 0 Å². The molecule has 0 radical (unpaired) electrons. The van der Waals surface area contributed by atoms with Gasteiger partial charge in [0.15, 0.2) is 5.96 Å². The number of aliphatic imine (C=N–C) groups is 1. The second-order valence-corrected chi connectivity index (χ2v) is 5.27. The minimum Gasteiger partial charge on any atom is -0.380 e. The van der Waals surface area contributed by atoms with Crippen LogP contribution in [0.3, 0.4) is 0 Å². The quantitative estimate of drug-likeness (QED) is 0.350. The lowest BCUT2D eigenvalue weighted by molar-refractivity contribution is 0.155. The number of hydrogen-bond acceptors (Lipinski definition) is 2. The molecule has 0 aliphatic carbocycles. The molecule has 1 aliphatic heterocycles. The van der Waals surface area contributed by atoms with E-state index in [1.807, 2.05) is 6.92 Å². The molecule has 1 N–H and O–H groups in total. The third-order valence-corrected chi connectivity index (χ3v) is 3.01. The Morgan fingerprint density at radius 1 is 1.39 bits per heavy atom. The van der Waals surface area contributed by atoms with Crippen molar-refractivity contribution in [3.05, 3.63) is 0 Å². The monoisotopic (exact) mass is 369 g/mol. The SMILES string of the molecule is CCNC(=NCCOCC)N1CCC(C)(C)C1.I. The van der Waals surface area contributed by atoms with Gasteiger partial charge in [0, 0.05) is 26.2 Å². The zero-order chi connectivity index (χ0) is 12.7. The van der Waals surface area contributed by atoms with Crippen LogP contribution < -0.4 is 5.32 Å². The topological polar surface area (TPSA) is 36.9 Å². The van der Waals surface area contributed by atoms with E-state index >= 15 is 0 Å². The Balaban J connectivity index is 0.00000289. The Morgan fingerprint density at radius 2 is 2.11 bits per heavy atom. The van der Waals surface area contributed by atoms with Gasteiger partial charge in [0.25, 0.3) is 0 Å². The first-order valence-electron chi connectivity index (χ1n) is 6.70. The van der Waals surface area contributed by atoms with Gasteiger partial charge >= 0.3 is 0 Å². The summed E-state index contributed by atoms with van der Waals surface area (Å²) < 4.78 is 5.31. The summed E-state index contributed by atoms with van der Waals surface area (Å²) in [6.45, 7) is 14.1. The number of rotatable bonds is 5. The van der Waals surface area contributed by atoms with E-state index in [0.717, 1.165) is 38.7 Å². The van der Waals surface area contributed by atoms with Crippen molar-refractivity contribution in [3.63, 3.8) is 0 Å². The van der Waals surface area contributed by atoms with Gasteiger partial charge in [-0.3, -0.25) is 4.99 Å². The molecule has 0 aromatic carbocycles. The number of ether oxygens (including phenoxy) is 1. The number of guanidine groups is 1. The number of likely N-dealkylation sites (tertiary alicyclic amines) is 1. The molecule has 1 aliphatic rings. The van der Waals surface area contributed by atoms with Crippen LogP contribution in [0.2, 0.25) is 0 Å². The molecule has 0 atom stereocenters. The van der Waals surface area contributed by atoms with Crippen LogP contribution in [0.15, 0.2) is 4.99 Å². The van der Waals surface area contributed by atoms with Gasteiger partial charge in [-0.2, -0.15) is 0 Å². The summed E-state index contributed by atoms with van der Waals surface area (Å²) in [5, 5.41) is 3.36. The van der Waals surface area contributed by atoms with E-state index in [4.69, 9.17) is 4.74 Å². The van der Waals surface area contributed by atoms with E-state index in [0.29, 0.717) is 12.0 Å². The lowest BCUT2D eigenvalue weighted by Crippen LogP contribution is -2.41. The summed E-state index contributed by atoms with van der Waals surface area (Å²) in [6.07, 6.45) is 1.24. The van der Waals surface area contributed by atoms with Crippen molar-refractivity contribution in [2.24, 2.45) is 10.4 Å². The lowest BCUT2D eigenvalue weighted by Gasteiger charge is -2.23. The molecule has 1 saturated heterocycles. The first-order chi connectivity index (χ1) is 8.09.